The van der Waals surface area contributed by atoms with Gasteiger partial charge < -0.3 is 14.2 Å². The van der Waals surface area contributed by atoms with E-state index in [1.54, 1.807) is 6.42 Å². The molecule has 0 aliphatic carbocycles. The molecule has 1 aliphatic heterocycles. The molecule has 0 N–H and O–H groups in total. The van der Waals surface area contributed by atoms with Crippen molar-refractivity contribution >= 4 is 0 Å². The van der Waals surface area contributed by atoms with Gasteiger partial charge in [-0.1, -0.05) is 30.3 Å². The van der Waals surface area contributed by atoms with Gasteiger partial charge in [0.25, 0.3) is 0 Å². The van der Waals surface area contributed by atoms with Gasteiger partial charge in [0.1, 0.15) is 6.10 Å². The third-order valence-electron chi connectivity index (χ3n) is 2.92. The SMILES string of the molecule is [C-]#[O+].[C-]#[O+].[C-]#[O+].[CH2][CH][CH][CH][C@H]1OCCO[C@@H]1COCc1ccccc1.[Fe]. The van der Waals surface area contributed by atoms with Gasteiger partial charge >= 0.3 is 33.9 Å². The van der Waals surface area contributed by atoms with Crippen molar-refractivity contribution in [2.45, 2.75) is 18.8 Å². The number of unbranched alkanes of at least 4 members (excludes halogenated alkanes) is 1. The van der Waals surface area contributed by atoms with Crippen molar-refractivity contribution in [3.63, 3.8) is 0 Å². The van der Waals surface area contributed by atoms with E-state index in [9.17, 15) is 0 Å². The van der Waals surface area contributed by atoms with Gasteiger partial charge in [-0.05, 0) is 31.7 Å². The summed E-state index contributed by atoms with van der Waals surface area (Å²) in [5.74, 6) is 0. The minimum atomic E-state index is -0.0532. The zero-order valence-electron chi connectivity index (χ0n) is 14.1. The Kier molecular flexibility index (Phi) is 27.1. The molecule has 1 aromatic rings. The second-order valence-electron chi connectivity index (χ2n) is 4.37. The average Bonchev–Trinajstić information content (AvgIpc) is 2.72. The Labute approximate surface area is 166 Å². The summed E-state index contributed by atoms with van der Waals surface area (Å²) >= 11 is 0. The molecule has 1 fully saturated rings. The maximum atomic E-state index is 7.50. The van der Waals surface area contributed by atoms with Gasteiger partial charge in [-0.2, -0.15) is 0 Å². The van der Waals surface area contributed by atoms with Gasteiger partial charge in [0, 0.05) is 17.1 Å². The second-order valence-corrected chi connectivity index (χ2v) is 4.37. The summed E-state index contributed by atoms with van der Waals surface area (Å²) in [7, 11) is 0. The molecule has 0 spiro atoms. The van der Waals surface area contributed by atoms with Crippen LogP contribution in [0.15, 0.2) is 30.3 Å². The first-order valence-electron chi connectivity index (χ1n) is 7.15. The zero-order valence-corrected chi connectivity index (χ0v) is 15.2. The largest absolute Gasteiger partial charge is 0.374 e. The summed E-state index contributed by atoms with van der Waals surface area (Å²) in [4.78, 5) is 0. The molecule has 0 amide bonds. The molecule has 2 atom stereocenters. The summed E-state index contributed by atoms with van der Waals surface area (Å²) in [6, 6.07) is 10.1. The van der Waals surface area contributed by atoms with Crippen LogP contribution in [0.1, 0.15) is 5.56 Å². The summed E-state index contributed by atoms with van der Waals surface area (Å²) in [5, 5.41) is 0. The van der Waals surface area contributed by atoms with Gasteiger partial charge in [-0.3, -0.25) is 0 Å². The number of ether oxygens (including phenoxy) is 3. The van der Waals surface area contributed by atoms with E-state index in [1.165, 1.54) is 0 Å². The number of rotatable bonds is 7. The van der Waals surface area contributed by atoms with Crippen LogP contribution in [0.3, 0.4) is 0 Å². The van der Waals surface area contributed by atoms with Crippen molar-refractivity contribution in [2.24, 2.45) is 0 Å². The van der Waals surface area contributed by atoms with E-state index in [0.717, 1.165) is 5.56 Å². The predicted molar refractivity (Wildman–Crippen MR) is 85.6 cm³/mol. The van der Waals surface area contributed by atoms with Gasteiger partial charge in [0.2, 0.25) is 0 Å². The first-order chi connectivity index (χ1) is 12.4. The van der Waals surface area contributed by atoms with Crippen LogP contribution in [0.2, 0.25) is 0 Å². The van der Waals surface area contributed by atoms with Crippen molar-refractivity contribution in [1.29, 1.82) is 0 Å². The Morgan fingerprint density at radius 3 is 2.19 bits per heavy atom. The van der Waals surface area contributed by atoms with E-state index in [-0.39, 0.29) is 29.3 Å². The molecule has 26 heavy (non-hydrogen) atoms. The van der Waals surface area contributed by atoms with Crippen LogP contribution in [-0.2, 0) is 51.8 Å². The van der Waals surface area contributed by atoms with Crippen LogP contribution < -0.4 is 0 Å². The van der Waals surface area contributed by atoms with Crippen molar-refractivity contribution in [3.8, 4) is 0 Å². The minimum Gasteiger partial charge on any atom is -0.374 e. The zero-order chi connectivity index (χ0) is 19.3. The molecule has 1 aromatic carbocycles. The fourth-order valence-electron chi connectivity index (χ4n) is 1.96. The Morgan fingerprint density at radius 1 is 1.04 bits per heavy atom. The van der Waals surface area contributed by atoms with Crippen LogP contribution in [0.25, 0.3) is 0 Å². The van der Waals surface area contributed by atoms with E-state index in [1.807, 2.05) is 43.2 Å². The fraction of sp³-hybridized carbons (Fsp3) is 0.316. The smallest absolute Gasteiger partial charge is 0.107 e. The van der Waals surface area contributed by atoms with Crippen molar-refractivity contribution < 1.29 is 45.2 Å². The molecule has 0 saturated carbocycles. The fourth-order valence-corrected chi connectivity index (χ4v) is 1.96. The molecule has 1 aliphatic rings. The van der Waals surface area contributed by atoms with Crippen LogP contribution in [-0.4, -0.2) is 32.0 Å². The molecule has 7 heteroatoms. The summed E-state index contributed by atoms with van der Waals surface area (Å²) in [6.45, 7) is 19.5. The molecular weight excluding hydrogens is 380 g/mol. The molecule has 0 bridgehead atoms. The quantitative estimate of drug-likeness (QED) is 0.400. The summed E-state index contributed by atoms with van der Waals surface area (Å²) < 4.78 is 39.6. The molecule has 2 rings (SSSR count). The monoisotopic (exact) mass is 400 g/mol. The summed E-state index contributed by atoms with van der Waals surface area (Å²) in [6.07, 6.45) is 5.47. The molecule has 6 nitrogen and oxygen atoms in total. The molecule has 140 valence electrons. The van der Waals surface area contributed by atoms with Crippen molar-refractivity contribution in [1.82, 2.24) is 0 Å². The van der Waals surface area contributed by atoms with Crippen LogP contribution in [0.5, 0.6) is 0 Å². The Balaban J connectivity index is -0.000000686. The Morgan fingerprint density at radius 2 is 1.62 bits per heavy atom. The number of benzene rings is 1. The molecule has 0 aromatic heterocycles. The molecule has 0 unspecified atom stereocenters. The van der Waals surface area contributed by atoms with E-state index < -0.39 is 0 Å². The second kappa shape index (κ2) is 23.8. The van der Waals surface area contributed by atoms with Gasteiger partial charge in [0.05, 0.1) is 32.5 Å². The molecular formula is C19H20FeO6. The van der Waals surface area contributed by atoms with Crippen LogP contribution in [0.4, 0.5) is 0 Å². The minimum absolute atomic E-state index is 0. The predicted octanol–water partition coefficient (Wildman–Crippen LogP) is 2.32. The standard InChI is InChI=1S/C16H20O3.3CO.Fe/c1-2-3-9-15-16(19-11-10-18-15)13-17-12-14-7-5-4-6-8-14;3*1-2;/h2-9,15-16H,1,10-13H2;;;;/t15-,16-;;;;/m1..../s1. The summed E-state index contributed by atoms with van der Waals surface area (Å²) in [5.41, 5.74) is 1.16. The first-order valence-corrected chi connectivity index (χ1v) is 7.15. The van der Waals surface area contributed by atoms with E-state index in [2.05, 4.69) is 26.9 Å². The third kappa shape index (κ3) is 14.1. The first kappa shape index (κ1) is 29.6. The van der Waals surface area contributed by atoms with Gasteiger partial charge in [0.15, 0.2) is 0 Å². The van der Waals surface area contributed by atoms with Crippen LogP contribution >= 0.6 is 0 Å². The number of hydrogen-bond acceptors (Lipinski definition) is 3. The Hall–Kier alpha value is -1.16. The maximum Gasteiger partial charge on any atom is 0.107 e. The molecule has 1 saturated heterocycles. The van der Waals surface area contributed by atoms with Gasteiger partial charge in [-0.15, -0.1) is 0 Å². The molecule has 4 radical (unpaired) electrons. The van der Waals surface area contributed by atoms with Crippen LogP contribution in [0, 0.1) is 46.1 Å². The maximum absolute atomic E-state index is 7.50. The van der Waals surface area contributed by atoms with Crippen molar-refractivity contribution in [2.75, 3.05) is 19.8 Å². The van der Waals surface area contributed by atoms with E-state index in [4.69, 9.17) is 28.2 Å². The molecule has 1 heterocycles. The van der Waals surface area contributed by atoms with E-state index >= 15 is 0 Å². The Bertz CT molecular complexity index is 446. The van der Waals surface area contributed by atoms with E-state index in [0.29, 0.717) is 26.4 Å². The topological polar surface area (TPSA) is 87.4 Å². The van der Waals surface area contributed by atoms with Gasteiger partial charge in [-0.25, -0.2) is 0 Å². The number of hydrogen-bond donors (Lipinski definition) is 0. The van der Waals surface area contributed by atoms with Crippen molar-refractivity contribution in [3.05, 3.63) is 82.0 Å². The average molecular weight is 400 g/mol. The third-order valence-corrected chi connectivity index (χ3v) is 2.92. The normalized spacial score (nSPS) is 17.3.